The molecular formula is C16H26N4O. The summed E-state index contributed by atoms with van der Waals surface area (Å²) >= 11 is 0. The van der Waals surface area contributed by atoms with Gasteiger partial charge in [-0.05, 0) is 32.6 Å². The molecular weight excluding hydrogens is 264 g/mol. The third kappa shape index (κ3) is 3.77. The summed E-state index contributed by atoms with van der Waals surface area (Å²) in [4.78, 5) is 16.4. The van der Waals surface area contributed by atoms with E-state index in [1.165, 1.54) is 37.8 Å². The highest BCUT2D eigenvalue weighted by molar-refractivity contribution is 5.74. The van der Waals surface area contributed by atoms with Crippen molar-refractivity contribution >= 4 is 6.03 Å². The smallest absolute Gasteiger partial charge is 0.315 e. The summed E-state index contributed by atoms with van der Waals surface area (Å²) in [5.74, 6) is 1.10. The Hall–Kier alpha value is -1.52. The van der Waals surface area contributed by atoms with Crippen LogP contribution in [0.2, 0.25) is 0 Å². The summed E-state index contributed by atoms with van der Waals surface area (Å²) in [6.07, 6.45) is 11.3. The molecule has 1 heterocycles. The summed E-state index contributed by atoms with van der Waals surface area (Å²) in [6.45, 7) is 2.76. The van der Waals surface area contributed by atoms with E-state index in [-0.39, 0.29) is 6.03 Å². The molecule has 21 heavy (non-hydrogen) atoms. The van der Waals surface area contributed by atoms with Gasteiger partial charge in [0.05, 0.1) is 0 Å². The van der Waals surface area contributed by atoms with E-state index in [1.54, 1.807) is 0 Å². The molecule has 0 spiro atoms. The third-order valence-electron chi connectivity index (χ3n) is 4.55. The number of amides is 2. The molecule has 1 aromatic heterocycles. The highest BCUT2D eigenvalue weighted by Crippen LogP contribution is 2.36. The molecule has 0 saturated heterocycles. The number of aryl methyl sites for hydroxylation is 1. The molecule has 2 N–H and O–H groups in total. The Kier molecular flexibility index (Phi) is 4.46. The lowest BCUT2D eigenvalue weighted by Gasteiger charge is -2.22. The van der Waals surface area contributed by atoms with Crippen LogP contribution in [-0.4, -0.2) is 28.2 Å². The van der Waals surface area contributed by atoms with Crippen LogP contribution in [0.25, 0.3) is 0 Å². The standard InChI is InChI=1S/C16H26N4O/c1-12-11-18-15(20(12)14-7-8-14)9-10-17-16(21)19-13-5-3-2-4-6-13/h11,13-14H,2-10H2,1H3,(H2,17,19,21). The Morgan fingerprint density at radius 1 is 1.29 bits per heavy atom. The minimum absolute atomic E-state index is 0.0249. The predicted octanol–water partition coefficient (Wildman–Crippen LogP) is 2.70. The van der Waals surface area contributed by atoms with Crippen LogP contribution in [0.1, 0.15) is 62.5 Å². The lowest BCUT2D eigenvalue weighted by atomic mass is 9.96. The zero-order chi connectivity index (χ0) is 14.7. The molecule has 0 radical (unpaired) electrons. The van der Waals surface area contributed by atoms with Crippen molar-refractivity contribution in [2.75, 3.05) is 6.54 Å². The van der Waals surface area contributed by atoms with E-state index in [0.717, 1.165) is 25.1 Å². The predicted molar refractivity (Wildman–Crippen MR) is 82.3 cm³/mol. The third-order valence-corrected chi connectivity index (χ3v) is 4.55. The summed E-state index contributed by atoms with van der Waals surface area (Å²) in [7, 11) is 0. The van der Waals surface area contributed by atoms with E-state index in [9.17, 15) is 4.79 Å². The van der Waals surface area contributed by atoms with Gasteiger partial charge in [0.2, 0.25) is 0 Å². The van der Waals surface area contributed by atoms with Crippen molar-refractivity contribution in [3.63, 3.8) is 0 Å². The van der Waals surface area contributed by atoms with Crippen LogP contribution in [0.15, 0.2) is 6.20 Å². The molecule has 1 aromatic rings. The van der Waals surface area contributed by atoms with Gasteiger partial charge in [-0.2, -0.15) is 0 Å². The fourth-order valence-corrected chi connectivity index (χ4v) is 3.28. The summed E-state index contributed by atoms with van der Waals surface area (Å²) in [6, 6.07) is 0.996. The quantitative estimate of drug-likeness (QED) is 0.876. The van der Waals surface area contributed by atoms with Crippen LogP contribution in [0, 0.1) is 6.92 Å². The monoisotopic (exact) mass is 290 g/mol. The maximum absolute atomic E-state index is 11.9. The van der Waals surface area contributed by atoms with E-state index in [0.29, 0.717) is 18.6 Å². The molecule has 0 atom stereocenters. The number of aromatic nitrogens is 2. The lowest BCUT2D eigenvalue weighted by molar-refractivity contribution is 0.232. The number of imidazole rings is 1. The maximum Gasteiger partial charge on any atom is 0.315 e. The molecule has 2 amide bonds. The number of urea groups is 1. The van der Waals surface area contributed by atoms with Crippen LogP contribution in [0.4, 0.5) is 4.79 Å². The fraction of sp³-hybridized carbons (Fsp3) is 0.750. The highest BCUT2D eigenvalue weighted by Gasteiger charge is 2.27. The Morgan fingerprint density at radius 3 is 2.76 bits per heavy atom. The highest BCUT2D eigenvalue weighted by atomic mass is 16.2. The lowest BCUT2D eigenvalue weighted by Crippen LogP contribution is -2.43. The molecule has 0 aliphatic heterocycles. The van der Waals surface area contributed by atoms with E-state index in [2.05, 4.69) is 27.1 Å². The second-order valence-corrected chi connectivity index (χ2v) is 6.40. The number of hydrogen-bond acceptors (Lipinski definition) is 2. The second-order valence-electron chi connectivity index (χ2n) is 6.40. The number of nitrogens with one attached hydrogen (secondary N) is 2. The molecule has 2 fully saturated rings. The van der Waals surface area contributed by atoms with Crippen LogP contribution < -0.4 is 10.6 Å². The van der Waals surface area contributed by atoms with Crippen molar-refractivity contribution < 1.29 is 4.79 Å². The molecule has 5 nitrogen and oxygen atoms in total. The second kappa shape index (κ2) is 6.50. The molecule has 5 heteroatoms. The number of hydrogen-bond donors (Lipinski definition) is 2. The van der Waals surface area contributed by atoms with Gasteiger partial charge in [-0.15, -0.1) is 0 Å². The van der Waals surface area contributed by atoms with Gasteiger partial charge in [0.25, 0.3) is 0 Å². The van der Waals surface area contributed by atoms with Gasteiger partial charge in [-0.25, -0.2) is 9.78 Å². The summed E-state index contributed by atoms with van der Waals surface area (Å²) in [5, 5.41) is 6.05. The van der Waals surface area contributed by atoms with Crippen LogP contribution >= 0.6 is 0 Å². The van der Waals surface area contributed by atoms with Crippen LogP contribution in [0.5, 0.6) is 0 Å². The van der Waals surface area contributed by atoms with Crippen molar-refractivity contribution in [2.45, 2.75) is 70.4 Å². The first kappa shape index (κ1) is 14.4. The SMILES string of the molecule is Cc1cnc(CCNC(=O)NC2CCCCC2)n1C1CC1. The van der Waals surface area contributed by atoms with E-state index < -0.39 is 0 Å². The van der Waals surface area contributed by atoms with E-state index >= 15 is 0 Å². The largest absolute Gasteiger partial charge is 0.338 e. The van der Waals surface area contributed by atoms with Gasteiger partial charge in [-0.3, -0.25) is 0 Å². The van der Waals surface area contributed by atoms with Crippen molar-refractivity contribution in [2.24, 2.45) is 0 Å². The first-order valence-electron chi connectivity index (χ1n) is 8.31. The van der Waals surface area contributed by atoms with Crippen molar-refractivity contribution in [1.82, 2.24) is 20.2 Å². The summed E-state index contributed by atoms with van der Waals surface area (Å²) in [5.41, 5.74) is 1.24. The van der Waals surface area contributed by atoms with Crippen LogP contribution in [-0.2, 0) is 6.42 Å². The molecule has 2 saturated carbocycles. The van der Waals surface area contributed by atoms with Gasteiger partial charge >= 0.3 is 6.03 Å². The normalized spacial score (nSPS) is 19.5. The molecule has 116 valence electrons. The minimum atomic E-state index is -0.0249. The molecule has 0 aromatic carbocycles. The Bertz CT molecular complexity index is 486. The van der Waals surface area contributed by atoms with E-state index in [4.69, 9.17) is 0 Å². The Labute approximate surface area is 126 Å². The van der Waals surface area contributed by atoms with Gasteiger partial charge in [0.15, 0.2) is 0 Å². The molecule has 0 bridgehead atoms. The van der Waals surface area contributed by atoms with Gasteiger partial charge in [0, 0.05) is 36.9 Å². The first-order chi connectivity index (χ1) is 10.2. The fourth-order valence-electron chi connectivity index (χ4n) is 3.28. The molecule has 3 rings (SSSR count). The topological polar surface area (TPSA) is 59.0 Å². The number of nitrogens with zero attached hydrogens (tertiary/aromatic N) is 2. The minimum Gasteiger partial charge on any atom is -0.338 e. The van der Waals surface area contributed by atoms with Crippen molar-refractivity contribution in [1.29, 1.82) is 0 Å². The number of rotatable bonds is 5. The van der Waals surface area contributed by atoms with Gasteiger partial charge < -0.3 is 15.2 Å². The first-order valence-corrected chi connectivity index (χ1v) is 8.31. The van der Waals surface area contributed by atoms with Crippen molar-refractivity contribution in [3.05, 3.63) is 17.7 Å². The van der Waals surface area contributed by atoms with Gasteiger partial charge in [-0.1, -0.05) is 19.3 Å². The molecule has 2 aliphatic carbocycles. The zero-order valence-corrected chi connectivity index (χ0v) is 12.9. The maximum atomic E-state index is 11.9. The van der Waals surface area contributed by atoms with Crippen molar-refractivity contribution in [3.8, 4) is 0 Å². The molecule has 2 aliphatic rings. The summed E-state index contributed by atoms with van der Waals surface area (Å²) < 4.78 is 2.33. The average molecular weight is 290 g/mol. The average Bonchev–Trinajstić information content (AvgIpc) is 3.24. The Morgan fingerprint density at radius 2 is 2.05 bits per heavy atom. The van der Waals surface area contributed by atoms with Crippen LogP contribution in [0.3, 0.4) is 0 Å². The Balaban J connectivity index is 1.42. The van der Waals surface area contributed by atoms with Gasteiger partial charge in [0.1, 0.15) is 5.82 Å². The zero-order valence-electron chi connectivity index (χ0n) is 12.9. The molecule has 0 unspecified atom stereocenters. The number of carbonyl (C=O) groups is 1. The number of carbonyl (C=O) groups excluding carboxylic acids is 1. The van der Waals surface area contributed by atoms with E-state index in [1.807, 2.05) is 6.20 Å².